The molecule has 1 aliphatic heterocycles. The van der Waals surface area contributed by atoms with Crippen LogP contribution in [-0.2, 0) is 25.2 Å². The summed E-state index contributed by atoms with van der Waals surface area (Å²) in [7, 11) is 2.30. The largest absolute Gasteiger partial charge is 0.466 e. The fourth-order valence-electron chi connectivity index (χ4n) is 4.55. The topological polar surface area (TPSA) is 115 Å². The van der Waals surface area contributed by atoms with Crippen LogP contribution in [0.15, 0.2) is 95.5 Å². The van der Waals surface area contributed by atoms with Crippen molar-refractivity contribution in [2.24, 2.45) is 5.73 Å². The highest BCUT2D eigenvalue weighted by Crippen LogP contribution is 2.44. The highest BCUT2D eigenvalue weighted by molar-refractivity contribution is 6.06. The lowest BCUT2D eigenvalue weighted by Crippen LogP contribution is -2.41. The van der Waals surface area contributed by atoms with Gasteiger partial charge in [0, 0.05) is 0 Å². The number of esters is 2. The van der Waals surface area contributed by atoms with Gasteiger partial charge in [0.25, 0.3) is 0 Å². The van der Waals surface area contributed by atoms with Crippen molar-refractivity contribution in [3.63, 3.8) is 0 Å². The summed E-state index contributed by atoms with van der Waals surface area (Å²) in [6.45, 7) is 1.67. The van der Waals surface area contributed by atoms with Crippen LogP contribution in [0, 0.1) is 18.3 Å². The van der Waals surface area contributed by atoms with Crippen molar-refractivity contribution in [2.75, 3.05) is 19.1 Å². The summed E-state index contributed by atoms with van der Waals surface area (Å²) >= 11 is 0. The monoisotopic (exact) mass is 563 g/mol. The van der Waals surface area contributed by atoms with Crippen LogP contribution in [0.25, 0.3) is 0 Å². The van der Waals surface area contributed by atoms with Crippen molar-refractivity contribution in [3.8, 4) is 17.6 Å². The standard InChI is InChI=1S/C30H24F3N3O5/c1-17-15-21(41-20-11-9-19(10-12-20)30(31,32)33)13-14-23(17)36-26(29(38)40-3)25(28(37)39-2)24(22(16-34)27(36)35)18-7-5-4-6-8-18/h4-15,24H,35H2,1-3H3. The molecule has 4 rings (SSSR count). The molecule has 0 saturated heterocycles. The number of anilines is 1. The molecule has 1 unspecified atom stereocenters. The van der Waals surface area contributed by atoms with Gasteiger partial charge in [0.1, 0.15) is 23.0 Å². The second-order valence-electron chi connectivity index (χ2n) is 8.91. The van der Waals surface area contributed by atoms with E-state index >= 15 is 0 Å². The molecule has 1 aliphatic rings. The Kier molecular flexibility index (Phi) is 8.05. The van der Waals surface area contributed by atoms with E-state index in [9.17, 15) is 28.0 Å². The first-order valence-corrected chi connectivity index (χ1v) is 12.1. The Balaban J connectivity index is 1.84. The van der Waals surface area contributed by atoms with Crippen LogP contribution >= 0.6 is 0 Å². The Labute approximate surface area is 233 Å². The molecule has 3 aromatic rings. The number of methoxy groups -OCH3 is 2. The summed E-state index contributed by atoms with van der Waals surface area (Å²) in [5, 5.41) is 10.2. The second kappa shape index (κ2) is 11.5. The number of alkyl halides is 3. The van der Waals surface area contributed by atoms with E-state index in [0.29, 0.717) is 16.8 Å². The second-order valence-corrected chi connectivity index (χ2v) is 8.91. The lowest BCUT2D eigenvalue weighted by Gasteiger charge is -2.36. The highest BCUT2D eigenvalue weighted by Gasteiger charge is 2.43. The maximum atomic E-state index is 13.2. The zero-order valence-corrected chi connectivity index (χ0v) is 22.2. The molecule has 1 atom stereocenters. The van der Waals surface area contributed by atoms with E-state index in [1.54, 1.807) is 43.3 Å². The van der Waals surface area contributed by atoms with Crippen molar-refractivity contribution in [2.45, 2.75) is 19.0 Å². The van der Waals surface area contributed by atoms with Gasteiger partial charge in [-0.25, -0.2) is 9.59 Å². The molecule has 0 bridgehead atoms. The van der Waals surface area contributed by atoms with Gasteiger partial charge < -0.3 is 19.9 Å². The van der Waals surface area contributed by atoms with Gasteiger partial charge in [-0.05, 0) is 60.5 Å². The normalized spacial score (nSPS) is 15.3. The Morgan fingerprint density at radius 2 is 1.54 bits per heavy atom. The van der Waals surface area contributed by atoms with Crippen LogP contribution in [0.5, 0.6) is 11.5 Å². The van der Waals surface area contributed by atoms with Gasteiger partial charge in [0.2, 0.25) is 0 Å². The van der Waals surface area contributed by atoms with Crippen LogP contribution in [0.2, 0.25) is 0 Å². The number of hydrogen-bond acceptors (Lipinski definition) is 8. The summed E-state index contributed by atoms with van der Waals surface area (Å²) in [4.78, 5) is 27.7. The molecule has 1 heterocycles. The minimum Gasteiger partial charge on any atom is -0.466 e. The van der Waals surface area contributed by atoms with Gasteiger partial charge in [-0.1, -0.05) is 30.3 Å². The minimum atomic E-state index is -4.48. The third-order valence-electron chi connectivity index (χ3n) is 6.44. The average molecular weight is 564 g/mol. The third-order valence-corrected chi connectivity index (χ3v) is 6.44. The first-order valence-electron chi connectivity index (χ1n) is 12.1. The first-order chi connectivity index (χ1) is 19.5. The zero-order valence-electron chi connectivity index (χ0n) is 22.2. The zero-order chi connectivity index (χ0) is 29.9. The quantitative estimate of drug-likeness (QED) is 0.380. The predicted octanol–water partition coefficient (Wildman–Crippen LogP) is 5.70. The molecule has 0 aromatic heterocycles. The van der Waals surface area contributed by atoms with Gasteiger partial charge in [-0.2, -0.15) is 18.4 Å². The van der Waals surface area contributed by atoms with Crippen LogP contribution < -0.4 is 15.4 Å². The summed E-state index contributed by atoms with van der Waals surface area (Å²) in [6, 6.07) is 19.5. The lowest BCUT2D eigenvalue weighted by molar-refractivity contribution is -0.139. The molecule has 0 fully saturated rings. The number of nitriles is 1. The number of nitrogens with two attached hydrogens (primary N) is 1. The molecule has 210 valence electrons. The van der Waals surface area contributed by atoms with Gasteiger partial charge in [-0.15, -0.1) is 0 Å². The van der Waals surface area contributed by atoms with Crippen molar-refractivity contribution < 1.29 is 37.0 Å². The average Bonchev–Trinajstić information content (AvgIpc) is 2.96. The number of hydrogen-bond donors (Lipinski definition) is 1. The molecule has 0 spiro atoms. The molecule has 2 N–H and O–H groups in total. The number of aryl methyl sites for hydroxylation is 1. The molecule has 11 heteroatoms. The molecule has 0 radical (unpaired) electrons. The number of rotatable bonds is 6. The Morgan fingerprint density at radius 3 is 2.07 bits per heavy atom. The van der Waals surface area contributed by atoms with E-state index in [2.05, 4.69) is 6.07 Å². The number of benzene rings is 3. The van der Waals surface area contributed by atoms with Crippen molar-refractivity contribution in [1.82, 2.24) is 0 Å². The summed E-state index contributed by atoms with van der Waals surface area (Å²) < 4.78 is 54.5. The van der Waals surface area contributed by atoms with Gasteiger partial charge in [0.05, 0.1) is 48.6 Å². The Bertz CT molecular complexity index is 1590. The minimum absolute atomic E-state index is 0.00809. The number of allylic oxidation sites excluding steroid dienone is 1. The number of carbonyl (C=O) groups excluding carboxylic acids is 2. The van der Waals surface area contributed by atoms with Crippen LogP contribution in [-0.4, -0.2) is 26.2 Å². The molecular formula is C30H24F3N3O5. The fourth-order valence-corrected chi connectivity index (χ4v) is 4.55. The number of carbonyl (C=O) groups is 2. The van der Waals surface area contributed by atoms with Gasteiger partial charge in [-0.3, -0.25) is 4.90 Å². The van der Waals surface area contributed by atoms with E-state index in [0.717, 1.165) is 26.4 Å². The number of nitrogens with zero attached hydrogens (tertiary/aromatic N) is 2. The molecule has 0 amide bonds. The lowest BCUT2D eigenvalue weighted by atomic mass is 9.80. The molecule has 3 aromatic carbocycles. The van der Waals surface area contributed by atoms with E-state index in [1.807, 2.05) is 0 Å². The third kappa shape index (κ3) is 5.58. The Hall–Kier alpha value is -5.24. The van der Waals surface area contributed by atoms with Gasteiger partial charge in [0.15, 0.2) is 0 Å². The maximum absolute atomic E-state index is 13.2. The SMILES string of the molecule is COC(=O)C1=C(C(=O)OC)N(c2ccc(Oc3ccc(C(F)(F)F)cc3)cc2C)C(N)=C(C#N)C1c1ccccc1. The molecule has 8 nitrogen and oxygen atoms in total. The fraction of sp³-hybridized carbons (Fsp3) is 0.167. The summed E-state index contributed by atoms with van der Waals surface area (Å²) in [5.74, 6) is -2.41. The molecule has 0 saturated carbocycles. The first kappa shape index (κ1) is 28.8. The van der Waals surface area contributed by atoms with E-state index in [-0.39, 0.29) is 34.2 Å². The molecular weight excluding hydrogens is 539 g/mol. The van der Waals surface area contributed by atoms with Crippen LogP contribution in [0.3, 0.4) is 0 Å². The van der Waals surface area contributed by atoms with Crippen LogP contribution in [0.1, 0.15) is 22.6 Å². The highest BCUT2D eigenvalue weighted by atomic mass is 19.4. The summed E-state index contributed by atoms with van der Waals surface area (Å²) in [5.41, 5.74) is 6.71. The number of halogens is 3. The van der Waals surface area contributed by atoms with Crippen molar-refractivity contribution in [3.05, 3.63) is 112 Å². The predicted molar refractivity (Wildman–Crippen MR) is 142 cm³/mol. The van der Waals surface area contributed by atoms with Crippen molar-refractivity contribution >= 4 is 17.6 Å². The van der Waals surface area contributed by atoms with E-state index in [4.69, 9.17) is 19.9 Å². The van der Waals surface area contributed by atoms with E-state index in [1.165, 1.54) is 29.2 Å². The molecule has 0 aliphatic carbocycles. The number of ether oxygens (including phenoxy) is 3. The Morgan fingerprint density at radius 1 is 0.927 bits per heavy atom. The molecule has 41 heavy (non-hydrogen) atoms. The maximum Gasteiger partial charge on any atom is 0.416 e. The van der Waals surface area contributed by atoms with Gasteiger partial charge >= 0.3 is 18.1 Å². The smallest absolute Gasteiger partial charge is 0.416 e. The summed E-state index contributed by atoms with van der Waals surface area (Å²) in [6.07, 6.45) is -4.48. The van der Waals surface area contributed by atoms with Crippen LogP contribution in [0.4, 0.5) is 18.9 Å². The van der Waals surface area contributed by atoms with E-state index < -0.39 is 29.6 Å². The van der Waals surface area contributed by atoms with Crippen molar-refractivity contribution in [1.29, 1.82) is 5.26 Å².